The van der Waals surface area contributed by atoms with Crippen LogP contribution in [0.4, 0.5) is 11.5 Å². The minimum atomic E-state index is 0.213. The van der Waals surface area contributed by atoms with Gasteiger partial charge in [-0.1, -0.05) is 12.1 Å². The summed E-state index contributed by atoms with van der Waals surface area (Å²) in [6, 6.07) is 10.1. The van der Waals surface area contributed by atoms with Gasteiger partial charge in [-0.2, -0.15) is 5.10 Å². The second-order valence-corrected chi connectivity index (χ2v) is 5.67. The molecule has 2 aromatic rings. The molecule has 2 heterocycles. The number of aryl methyl sites for hydroxylation is 2. The number of aromatic nitrogens is 2. The summed E-state index contributed by atoms with van der Waals surface area (Å²) in [6.07, 6.45) is 1.60. The van der Waals surface area contributed by atoms with E-state index in [0.717, 1.165) is 41.3 Å². The minimum Gasteiger partial charge on any atom is -0.364 e. The monoisotopic (exact) mass is 296 g/mol. The van der Waals surface area contributed by atoms with Gasteiger partial charge in [0.15, 0.2) is 0 Å². The lowest BCUT2D eigenvalue weighted by Crippen LogP contribution is -2.23. The van der Waals surface area contributed by atoms with Crippen LogP contribution in [0.15, 0.2) is 30.3 Å². The van der Waals surface area contributed by atoms with Crippen molar-refractivity contribution in [2.45, 2.75) is 33.2 Å². The van der Waals surface area contributed by atoms with Gasteiger partial charge in [0.1, 0.15) is 5.82 Å². The molecule has 1 aromatic heterocycles. The van der Waals surface area contributed by atoms with Gasteiger partial charge >= 0.3 is 0 Å². The Bertz CT molecular complexity index is 699. The van der Waals surface area contributed by atoms with Crippen LogP contribution < -0.4 is 10.2 Å². The summed E-state index contributed by atoms with van der Waals surface area (Å²) in [5, 5.41) is 11.5. The smallest absolute Gasteiger partial charge is 0.227 e. The molecule has 5 nitrogen and oxygen atoms in total. The zero-order chi connectivity index (χ0) is 15.5. The first kappa shape index (κ1) is 14.5. The van der Waals surface area contributed by atoms with Gasteiger partial charge in [-0.05, 0) is 49.6 Å². The van der Waals surface area contributed by atoms with Crippen molar-refractivity contribution in [2.75, 3.05) is 16.8 Å². The Morgan fingerprint density at radius 1 is 1.23 bits per heavy atom. The van der Waals surface area contributed by atoms with Crippen molar-refractivity contribution >= 4 is 17.4 Å². The van der Waals surface area contributed by atoms with Gasteiger partial charge in [0.2, 0.25) is 5.91 Å². The average molecular weight is 296 g/mol. The van der Waals surface area contributed by atoms with Gasteiger partial charge in [-0.3, -0.25) is 4.79 Å². The molecule has 1 aliphatic rings. The molecule has 0 radical (unpaired) electrons. The first-order chi connectivity index (χ1) is 10.6. The van der Waals surface area contributed by atoms with Crippen LogP contribution in [0.1, 0.15) is 29.7 Å². The number of amides is 1. The lowest BCUT2D eigenvalue weighted by atomic mass is 10.2. The van der Waals surface area contributed by atoms with Crippen molar-refractivity contribution in [2.24, 2.45) is 0 Å². The Morgan fingerprint density at radius 2 is 2.09 bits per heavy atom. The number of rotatable bonds is 4. The van der Waals surface area contributed by atoms with Gasteiger partial charge in [-0.15, -0.1) is 5.10 Å². The predicted octanol–water partition coefficient (Wildman–Crippen LogP) is 2.83. The molecule has 1 aliphatic heterocycles. The van der Waals surface area contributed by atoms with Crippen molar-refractivity contribution in [3.05, 3.63) is 47.2 Å². The molecule has 0 unspecified atom stereocenters. The maximum atomic E-state index is 11.8. The molecule has 1 saturated heterocycles. The van der Waals surface area contributed by atoms with E-state index in [1.165, 1.54) is 0 Å². The fraction of sp³-hybridized carbons (Fsp3) is 0.353. The van der Waals surface area contributed by atoms with E-state index in [0.29, 0.717) is 13.0 Å². The topological polar surface area (TPSA) is 58.1 Å². The molecule has 22 heavy (non-hydrogen) atoms. The van der Waals surface area contributed by atoms with Crippen LogP contribution in [0, 0.1) is 13.8 Å². The average Bonchev–Trinajstić information content (AvgIpc) is 2.95. The zero-order valence-corrected chi connectivity index (χ0v) is 13.0. The molecular weight excluding hydrogens is 276 g/mol. The highest BCUT2D eigenvalue weighted by molar-refractivity contribution is 5.95. The van der Waals surface area contributed by atoms with Crippen molar-refractivity contribution < 1.29 is 4.79 Å². The molecule has 0 aliphatic carbocycles. The van der Waals surface area contributed by atoms with E-state index in [4.69, 9.17) is 0 Å². The first-order valence-corrected chi connectivity index (χ1v) is 7.57. The van der Waals surface area contributed by atoms with Crippen LogP contribution in [0.5, 0.6) is 0 Å². The Labute approximate surface area is 130 Å². The number of nitrogens with one attached hydrogen (secondary N) is 1. The zero-order valence-electron chi connectivity index (χ0n) is 13.0. The van der Waals surface area contributed by atoms with E-state index < -0.39 is 0 Å². The largest absolute Gasteiger partial charge is 0.364 e. The third kappa shape index (κ3) is 3.08. The summed E-state index contributed by atoms with van der Waals surface area (Å²) in [5.74, 6) is 0.982. The number of nitrogens with zero attached hydrogens (tertiary/aromatic N) is 3. The Hall–Kier alpha value is -2.43. The second kappa shape index (κ2) is 6.13. The van der Waals surface area contributed by atoms with Crippen molar-refractivity contribution in [1.29, 1.82) is 0 Å². The Balaban J connectivity index is 1.70. The molecule has 1 fully saturated rings. The van der Waals surface area contributed by atoms with Gasteiger partial charge in [0.05, 0.1) is 5.69 Å². The minimum absolute atomic E-state index is 0.213. The quantitative estimate of drug-likeness (QED) is 0.942. The number of hydrogen-bond acceptors (Lipinski definition) is 4. The Morgan fingerprint density at radius 3 is 2.82 bits per heavy atom. The van der Waals surface area contributed by atoms with Crippen LogP contribution in [0.25, 0.3) is 0 Å². The van der Waals surface area contributed by atoms with Crippen LogP contribution >= 0.6 is 0 Å². The number of carbonyl (C=O) groups excluding carboxylic acids is 1. The van der Waals surface area contributed by atoms with Crippen LogP contribution in [-0.4, -0.2) is 22.6 Å². The molecule has 0 atom stereocenters. The van der Waals surface area contributed by atoms with Gasteiger partial charge in [0, 0.05) is 25.2 Å². The highest BCUT2D eigenvalue weighted by atomic mass is 16.2. The summed E-state index contributed by atoms with van der Waals surface area (Å²) >= 11 is 0. The van der Waals surface area contributed by atoms with E-state index in [1.54, 1.807) is 0 Å². The second-order valence-electron chi connectivity index (χ2n) is 5.67. The molecule has 0 bridgehead atoms. The van der Waals surface area contributed by atoms with Gasteiger partial charge < -0.3 is 10.2 Å². The molecule has 3 rings (SSSR count). The van der Waals surface area contributed by atoms with Crippen molar-refractivity contribution in [3.8, 4) is 0 Å². The van der Waals surface area contributed by atoms with E-state index in [-0.39, 0.29) is 5.91 Å². The molecular formula is C17H20N4O. The van der Waals surface area contributed by atoms with E-state index in [2.05, 4.69) is 21.6 Å². The number of carbonyl (C=O) groups is 1. The molecule has 0 spiro atoms. The summed E-state index contributed by atoms with van der Waals surface area (Å²) < 4.78 is 0. The van der Waals surface area contributed by atoms with Crippen LogP contribution in [0.3, 0.4) is 0 Å². The molecule has 1 aromatic carbocycles. The summed E-state index contributed by atoms with van der Waals surface area (Å²) in [5.41, 5.74) is 4.17. The van der Waals surface area contributed by atoms with Crippen LogP contribution in [-0.2, 0) is 11.3 Å². The van der Waals surface area contributed by atoms with Gasteiger partial charge in [-0.25, -0.2) is 0 Å². The van der Waals surface area contributed by atoms with Crippen molar-refractivity contribution in [1.82, 2.24) is 10.2 Å². The molecule has 5 heteroatoms. The highest BCUT2D eigenvalue weighted by Crippen LogP contribution is 2.22. The maximum Gasteiger partial charge on any atom is 0.227 e. The fourth-order valence-electron chi connectivity index (χ4n) is 2.58. The third-order valence-corrected chi connectivity index (χ3v) is 4.00. The standard InChI is InChI=1S/C17H20N4O/c1-12-9-16(20-19-13(12)2)18-11-14-5-3-6-15(10-14)21-8-4-7-17(21)22/h3,5-6,9-10H,4,7-8,11H2,1-2H3,(H,18,20). The summed E-state index contributed by atoms with van der Waals surface area (Å²) in [4.78, 5) is 13.7. The van der Waals surface area contributed by atoms with E-state index in [1.807, 2.05) is 43.0 Å². The SMILES string of the molecule is Cc1cc(NCc2cccc(N3CCCC3=O)c2)nnc1C. The first-order valence-electron chi connectivity index (χ1n) is 7.57. The third-order valence-electron chi connectivity index (χ3n) is 4.00. The van der Waals surface area contributed by atoms with E-state index in [9.17, 15) is 4.79 Å². The number of hydrogen-bond donors (Lipinski definition) is 1. The molecule has 1 N–H and O–H groups in total. The molecule has 114 valence electrons. The Kier molecular flexibility index (Phi) is 4.04. The maximum absolute atomic E-state index is 11.8. The predicted molar refractivity (Wildman–Crippen MR) is 86.9 cm³/mol. The van der Waals surface area contributed by atoms with E-state index >= 15 is 0 Å². The summed E-state index contributed by atoms with van der Waals surface area (Å²) in [7, 11) is 0. The lowest BCUT2D eigenvalue weighted by Gasteiger charge is -2.16. The number of anilines is 2. The molecule has 1 amide bonds. The van der Waals surface area contributed by atoms with Crippen LogP contribution in [0.2, 0.25) is 0 Å². The summed E-state index contributed by atoms with van der Waals surface area (Å²) in [6.45, 7) is 5.45. The highest BCUT2D eigenvalue weighted by Gasteiger charge is 2.21. The fourth-order valence-corrected chi connectivity index (χ4v) is 2.58. The number of benzene rings is 1. The van der Waals surface area contributed by atoms with Crippen molar-refractivity contribution in [3.63, 3.8) is 0 Å². The molecule has 0 saturated carbocycles. The normalized spacial score (nSPS) is 14.5. The lowest BCUT2D eigenvalue weighted by molar-refractivity contribution is -0.117. The van der Waals surface area contributed by atoms with Gasteiger partial charge in [0.25, 0.3) is 0 Å².